The van der Waals surface area contributed by atoms with E-state index < -0.39 is 6.10 Å². The van der Waals surface area contributed by atoms with Gasteiger partial charge < -0.3 is 9.52 Å². The van der Waals surface area contributed by atoms with Crippen molar-refractivity contribution in [2.75, 3.05) is 32.7 Å². The van der Waals surface area contributed by atoms with Gasteiger partial charge in [-0.3, -0.25) is 9.80 Å². The second-order valence-corrected chi connectivity index (χ2v) is 6.36. The van der Waals surface area contributed by atoms with E-state index in [4.69, 9.17) is 4.42 Å². The van der Waals surface area contributed by atoms with Crippen molar-refractivity contribution in [1.82, 2.24) is 14.8 Å². The number of hydrogen-bond acceptors (Lipinski definition) is 5. The second-order valence-electron chi connectivity index (χ2n) is 6.36. The van der Waals surface area contributed by atoms with Crippen LogP contribution >= 0.6 is 0 Å². The molecule has 0 spiro atoms. The molecule has 0 bridgehead atoms. The van der Waals surface area contributed by atoms with Crippen molar-refractivity contribution in [3.8, 4) is 0 Å². The maximum absolute atomic E-state index is 13.7. The number of oxazole rings is 1. The molecule has 3 rings (SSSR count). The van der Waals surface area contributed by atoms with E-state index in [0.717, 1.165) is 43.5 Å². The first kappa shape index (κ1) is 17.1. The van der Waals surface area contributed by atoms with Gasteiger partial charge in [0.15, 0.2) is 0 Å². The van der Waals surface area contributed by atoms with Crippen LogP contribution in [-0.2, 0) is 6.54 Å². The van der Waals surface area contributed by atoms with E-state index in [-0.39, 0.29) is 5.82 Å². The lowest BCUT2D eigenvalue weighted by atomic mass is 10.1. The Labute approximate surface area is 141 Å². The molecule has 0 aliphatic carbocycles. The van der Waals surface area contributed by atoms with E-state index in [0.29, 0.717) is 18.7 Å². The smallest absolute Gasteiger partial charge is 0.208 e. The predicted molar refractivity (Wildman–Crippen MR) is 89.1 cm³/mol. The first-order chi connectivity index (χ1) is 11.5. The Kier molecular flexibility index (Phi) is 5.28. The van der Waals surface area contributed by atoms with Gasteiger partial charge in [0.25, 0.3) is 0 Å². The van der Waals surface area contributed by atoms with Gasteiger partial charge in [-0.1, -0.05) is 18.2 Å². The molecular formula is C18H24FN3O2. The summed E-state index contributed by atoms with van der Waals surface area (Å²) in [5, 5.41) is 10.3. The molecule has 130 valence electrons. The number of nitrogens with zero attached hydrogens (tertiary/aromatic N) is 3. The maximum atomic E-state index is 13.7. The number of piperazine rings is 1. The summed E-state index contributed by atoms with van der Waals surface area (Å²) < 4.78 is 19.4. The standard InChI is InChI=1S/C18H24FN3O2/c1-13-14(2)24-18(20-13)12-22-9-7-21(8-10-22)11-17(23)15-5-3-4-6-16(15)19/h3-6,17,23H,7-12H2,1-2H3/t17-/m1/s1. The minimum atomic E-state index is -0.796. The summed E-state index contributed by atoms with van der Waals surface area (Å²) in [6.45, 7) is 8.46. The molecule has 24 heavy (non-hydrogen) atoms. The van der Waals surface area contributed by atoms with Crippen molar-refractivity contribution in [1.29, 1.82) is 0 Å². The minimum absolute atomic E-state index is 0.349. The molecule has 2 aromatic rings. The first-order valence-electron chi connectivity index (χ1n) is 8.33. The topological polar surface area (TPSA) is 52.7 Å². The monoisotopic (exact) mass is 333 g/mol. The molecule has 1 fully saturated rings. The molecule has 1 aromatic heterocycles. The molecule has 0 radical (unpaired) electrons. The van der Waals surface area contributed by atoms with Crippen molar-refractivity contribution in [3.63, 3.8) is 0 Å². The third kappa shape index (κ3) is 4.01. The highest BCUT2D eigenvalue weighted by Crippen LogP contribution is 2.19. The molecule has 0 unspecified atom stereocenters. The fourth-order valence-electron chi connectivity index (χ4n) is 3.02. The Bertz CT molecular complexity index is 661. The highest BCUT2D eigenvalue weighted by Gasteiger charge is 2.22. The number of hydrogen-bond donors (Lipinski definition) is 1. The normalized spacial score (nSPS) is 18.0. The summed E-state index contributed by atoms with van der Waals surface area (Å²) >= 11 is 0. The molecule has 0 saturated carbocycles. The molecule has 5 nitrogen and oxygen atoms in total. The lowest BCUT2D eigenvalue weighted by Gasteiger charge is -2.35. The van der Waals surface area contributed by atoms with Gasteiger partial charge in [0, 0.05) is 38.3 Å². The zero-order chi connectivity index (χ0) is 17.1. The van der Waals surface area contributed by atoms with E-state index in [1.54, 1.807) is 18.2 Å². The van der Waals surface area contributed by atoms with Crippen LogP contribution in [0.25, 0.3) is 0 Å². The Morgan fingerprint density at radius 3 is 2.46 bits per heavy atom. The van der Waals surface area contributed by atoms with Gasteiger partial charge in [0.05, 0.1) is 18.3 Å². The minimum Gasteiger partial charge on any atom is -0.444 e. The van der Waals surface area contributed by atoms with E-state index in [9.17, 15) is 9.50 Å². The average molecular weight is 333 g/mol. The van der Waals surface area contributed by atoms with Gasteiger partial charge in [0.2, 0.25) is 5.89 Å². The van der Waals surface area contributed by atoms with Crippen LogP contribution in [0.1, 0.15) is 29.0 Å². The van der Waals surface area contributed by atoms with Gasteiger partial charge >= 0.3 is 0 Å². The highest BCUT2D eigenvalue weighted by atomic mass is 19.1. The summed E-state index contributed by atoms with van der Waals surface area (Å²) in [6.07, 6.45) is -0.796. The summed E-state index contributed by atoms with van der Waals surface area (Å²) in [4.78, 5) is 8.87. The number of aliphatic hydroxyl groups is 1. The van der Waals surface area contributed by atoms with Crippen LogP contribution in [-0.4, -0.2) is 52.6 Å². The zero-order valence-electron chi connectivity index (χ0n) is 14.2. The SMILES string of the molecule is Cc1nc(CN2CCN(C[C@@H](O)c3ccccc3F)CC2)oc1C. The predicted octanol–water partition coefficient (Wildman–Crippen LogP) is 2.28. The summed E-state index contributed by atoms with van der Waals surface area (Å²) in [5.74, 6) is 1.28. The van der Waals surface area contributed by atoms with Crippen molar-refractivity contribution >= 4 is 0 Å². The third-order valence-electron chi connectivity index (χ3n) is 4.59. The van der Waals surface area contributed by atoms with Crippen LogP contribution in [0.15, 0.2) is 28.7 Å². The Balaban J connectivity index is 1.49. The highest BCUT2D eigenvalue weighted by molar-refractivity contribution is 5.20. The van der Waals surface area contributed by atoms with Crippen LogP contribution in [0.2, 0.25) is 0 Å². The molecule has 1 aliphatic rings. The van der Waals surface area contributed by atoms with E-state index >= 15 is 0 Å². The number of β-amino-alcohol motifs (C(OH)–C–C–N with tert-alkyl or cyclic N) is 1. The molecule has 2 heterocycles. The summed E-state index contributed by atoms with van der Waals surface area (Å²) in [7, 11) is 0. The Hall–Kier alpha value is -1.76. The molecule has 6 heteroatoms. The third-order valence-corrected chi connectivity index (χ3v) is 4.59. The van der Waals surface area contributed by atoms with Crippen molar-refractivity contribution in [3.05, 3.63) is 53.0 Å². The fraction of sp³-hybridized carbons (Fsp3) is 0.500. The van der Waals surface area contributed by atoms with Crippen LogP contribution in [0.4, 0.5) is 4.39 Å². The van der Waals surface area contributed by atoms with E-state index in [2.05, 4.69) is 14.8 Å². The summed E-state index contributed by atoms with van der Waals surface area (Å²) in [6, 6.07) is 6.41. The zero-order valence-corrected chi connectivity index (χ0v) is 14.2. The fourth-order valence-corrected chi connectivity index (χ4v) is 3.02. The molecule has 1 aromatic carbocycles. The summed E-state index contributed by atoms with van der Waals surface area (Å²) in [5.41, 5.74) is 1.31. The number of aryl methyl sites for hydroxylation is 2. The van der Waals surface area contributed by atoms with Crippen molar-refractivity contribution in [2.45, 2.75) is 26.5 Å². The van der Waals surface area contributed by atoms with E-state index in [1.807, 2.05) is 13.8 Å². The molecule has 1 N–H and O–H groups in total. The molecule has 1 atom stereocenters. The van der Waals surface area contributed by atoms with Gasteiger partial charge in [-0.2, -0.15) is 0 Å². The van der Waals surface area contributed by atoms with Gasteiger partial charge in [-0.15, -0.1) is 0 Å². The second kappa shape index (κ2) is 7.42. The van der Waals surface area contributed by atoms with Crippen LogP contribution in [0.5, 0.6) is 0 Å². The average Bonchev–Trinajstić information content (AvgIpc) is 2.87. The number of aromatic nitrogens is 1. The van der Waals surface area contributed by atoms with E-state index in [1.165, 1.54) is 6.07 Å². The molecule has 1 saturated heterocycles. The van der Waals surface area contributed by atoms with Crippen molar-refractivity contribution < 1.29 is 13.9 Å². The van der Waals surface area contributed by atoms with Crippen LogP contribution < -0.4 is 0 Å². The molecular weight excluding hydrogens is 309 g/mol. The van der Waals surface area contributed by atoms with Crippen molar-refractivity contribution in [2.24, 2.45) is 0 Å². The van der Waals surface area contributed by atoms with Gasteiger partial charge in [0.1, 0.15) is 11.6 Å². The lowest BCUT2D eigenvalue weighted by Crippen LogP contribution is -2.47. The number of aliphatic hydroxyl groups excluding tert-OH is 1. The quantitative estimate of drug-likeness (QED) is 0.910. The first-order valence-corrected chi connectivity index (χ1v) is 8.33. The number of benzene rings is 1. The Morgan fingerprint density at radius 2 is 1.83 bits per heavy atom. The van der Waals surface area contributed by atoms with Crippen LogP contribution in [0, 0.1) is 19.7 Å². The molecule has 0 amide bonds. The largest absolute Gasteiger partial charge is 0.444 e. The van der Waals surface area contributed by atoms with Gasteiger partial charge in [-0.25, -0.2) is 9.37 Å². The lowest BCUT2D eigenvalue weighted by molar-refractivity contribution is 0.0655. The Morgan fingerprint density at radius 1 is 1.17 bits per heavy atom. The molecule has 1 aliphatic heterocycles. The number of halogens is 1. The van der Waals surface area contributed by atoms with Gasteiger partial charge in [-0.05, 0) is 19.9 Å². The van der Waals surface area contributed by atoms with Crippen LogP contribution in [0.3, 0.4) is 0 Å². The maximum Gasteiger partial charge on any atom is 0.208 e. The number of rotatable bonds is 5.